The fourth-order valence-corrected chi connectivity index (χ4v) is 2.18. The third-order valence-electron chi connectivity index (χ3n) is 3.30. The van der Waals surface area contributed by atoms with Crippen molar-refractivity contribution in [2.24, 2.45) is 5.92 Å². The molecule has 1 saturated heterocycles. The standard InChI is InChI=1S/C13H17NO3/c1-10(15)11-5-7-14(8-6-11)13(16)12-4-2-3-9-17-12/h3-4,9,11H,2,5-8H2,1H3. The number of ketones is 1. The molecule has 0 aromatic carbocycles. The summed E-state index contributed by atoms with van der Waals surface area (Å²) in [6.45, 7) is 2.92. The van der Waals surface area contributed by atoms with Crippen molar-refractivity contribution in [2.75, 3.05) is 13.1 Å². The van der Waals surface area contributed by atoms with Gasteiger partial charge in [0.05, 0.1) is 6.26 Å². The molecule has 1 amide bonds. The summed E-state index contributed by atoms with van der Waals surface area (Å²) in [6.07, 6.45) is 7.48. The molecule has 0 N–H and O–H groups in total. The van der Waals surface area contributed by atoms with Crippen molar-refractivity contribution in [2.45, 2.75) is 26.2 Å². The molecule has 92 valence electrons. The second-order valence-corrected chi connectivity index (χ2v) is 4.47. The van der Waals surface area contributed by atoms with E-state index in [1.54, 1.807) is 24.2 Å². The fraction of sp³-hybridized carbons (Fsp3) is 0.538. The van der Waals surface area contributed by atoms with E-state index in [4.69, 9.17) is 4.74 Å². The van der Waals surface area contributed by atoms with Gasteiger partial charge in [-0.3, -0.25) is 9.59 Å². The van der Waals surface area contributed by atoms with E-state index in [2.05, 4.69) is 0 Å². The van der Waals surface area contributed by atoms with Crippen LogP contribution in [0.25, 0.3) is 0 Å². The largest absolute Gasteiger partial charge is 0.460 e. The molecule has 2 heterocycles. The van der Waals surface area contributed by atoms with E-state index in [1.807, 2.05) is 6.08 Å². The molecule has 0 unspecified atom stereocenters. The first-order valence-electron chi connectivity index (χ1n) is 6.00. The van der Waals surface area contributed by atoms with Gasteiger partial charge in [0, 0.05) is 19.0 Å². The van der Waals surface area contributed by atoms with E-state index in [0.717, 1.165) is 19.3 Å². The van der Waals surface area contributed by atoms with Gasteiger partial charge in [0.1, 0.15) is 5.78 Å². The van der Waals surface area contributed by atoms with E-state index >= 15 is 0 Å². The number of likely N-dealkylation sites (tertiary alicyclic amines) is 1. The molecule has 4 nitrogen and oxygen atoms in total. The van der Waals surface area contributed by atoms with Gasteiger partial charge in [-0.2, -0.15) is 0 Å². The van der Waals surface area contributed by atoms with Crippen molar-refractivity contribution in [1.29, 1.82) is 0 Å². The number of allylic oxidation sites excluding steroid dienone is 2. The Morgan fingerprint density at radius 3 is 2.59 bits per heavy atom. The summed E-state index contributed by atoms with van der Waals surface area (Å²) < 4.78 is 5.19. The number of amides is 1. The zero-order valence-corrected chi connectivity index (χ0v) is 10.0. The normalized spacial score (nSPS) is 20.8. The van der Waals surface area contributed by atoms with Gasteiger partial charge in [-0.25, -0.2) is 0 Å². The molecular formula is C13H17NO3. The van der Waals surface area contributed by atoms with Crippen molar-refractivity contribution < 1.29 is 14.3 Å². The van der Waals surface area contributed by atoms with Crippen LogP contribution in [-0.4, -0.2) is 29.7 Å². The number of nitrogens with zero attached hydrogens (tertiary/aromatic N) is 1. The van der Waals surface area contributed by atoms with Gasteiger partial charge in [-0.15, -0.1) is 0 Å². The first kappa shape index (κ1) is 11.9. The average molecular weight is 235 g/mol. The van der Waals surface area contributed by atoms with Crippen LogP contribution in [-0.2, 0) is 14.3 Å². The summed E-state index contributed by atoms with van der Waals surface area (Å²) in [4.78, 5) is 25.0. The highest BCUT2D eigenvalue weighted by molar-refractivity contribution is 5.92. The molecule has 17 heavy (non-hydrogen) atoms. The van der Waals surface area contributed by atoms with Crippen LogP contribution in [0.15, 0.2) is 24.2 Å². The molecule has 4 heteroatoms. The summed E-state index contributed by atoms with van der Waals surface area (Å²) in [7, 11) is 0. The average Bonchev–Trinajstić information content (AvgIpc) is 2.39. The van der Waals surface area contributed by atoms with E-state index in [0.29, 0.717) is 18.8 Å². The first-order chi connectivity index (χ1) is 8.18. The Kier molecular flexibility index (Phi) is 3.61. The number of hydrogen-bond acceptors (Lipinski definition) is 3. The molecule has 0 aromatic rings. The molecule has 0 aromatic heterocycles. The monoisotopic (exact) mass is 235 g/mol. The Morgan fingerprint density at radius 1 is 1.35 bits per heavy atom. The van der Waals surface area contributed by atoms with Crippen molar-refractivity contribution in [1.82, 2.24) is 4.90 Å². The number of ether oxygens (including phenoxy) is 1. The summed E-state index contributed by atoms with van der Waals surface area (Å²) in [5.74, 6) is 0.707. The zero-order chi connectivity index (χ0) is 12.3. The predicted octanol–water partition coefficient (Wildman–Crippen LogP) is 1.63. The summed E-state index contributed by atoms with van der Waals surface area (Å²) in [5.41, 5.74) is 0. The maximum Gasteiger partial charge on any atom is 0.289 e. The molecule has 1 fully saturated rings. The Morgan fingerprint density at radius 2 is 2.06 bits per heavy atom. The number of hydrogen-bond donors (Lipinski definition) is 0. The minimum atomic E-state index is -0.0589. The summed E-state index contributed by atoms with van der Waals surface area (Å²) in [6, 6.07) is 0. The highest BCUT2D eigenvalue weighted by Crippen LogP contribution is 2.20. The van der Waals surface area contributed by atoms with Gasteiger partial charge in [0.25, 0.3) is 5.91 Å². The van der Waals surface area contributed by atoms with Crippen molar-refractivity contribution in [3.8, 4) is 0 Å². The fourth-order valence-electron chi connectivity index (χ4n) is 2.18. The molecule has 2 aliphatic rings. The Hall–Kier alpha value is -1.58. The van der Waals surface area contributed by atoms with Gasteiger partial charge >= 0.3 is 0 Å². The molecule has 0 aliphatic carbocycles. The SMILES string of the molecule is CC(=O)C1CCN(C(=O)C2=CCC=CO2)CC1. The maximum absolute atomic E-state index is 12.0. The lowest BCUT2D eigenvalue weighted by Crippen LogP contribution is -2.40. The molecular weight excluding hydrogens is 218 g/mol. The molecule has 2 rings (SSSR count). The van der Waals surface area contributed by atoms with Crippen LogP contribution >= 0.6 is 0 Å². The number of rotatable bonds is 2. The van der Waals surface area contributed by atoms with E-state index < -0.39 is 0 Å². The van der Waals surface area contributed by atoms with Crippen LogP contribution in [0.3, 0.4) is 0 Å². The summed E-state index contributed by atoms with van der Waals surface area (Å²) in [5, 5.41) is 0. The molecule has 2 aliphatic heterocycles. The van der Waals surface area contributed by atoms with Crippen molar-refractivity contribution in [3.05, 3.63) is 24.2 Å². The smallest absolute Gasteiger partial charge is 0.289 e. The zero-order valence-electron chi connectivity index (χ0n) is 10.0. The lowest BCUT2D eigenvalue weighted by molar-refractivity contribution is -0.133. The van der Waals surface area contributed by atoms with E-state index in [-0.39, 0.29) is 17.6 Å². The van der Waals surface area contributed by atoms with Crippen LogP contribution in [0.1, 0.15) is 26.2 Å². The van der Waals surface area contributed by atoms with Crippen molar-refractivity contribution >= 4 is 11.7 Å². The number of carbonyl (C=O) groups is 2. The van der Waals surface area contributed by atoms with Crippen LogP contribution in [0, 0.1) is 5.92 Å². The second kappa shape index (κ2) is 5.17. The Bertz CT molecular complexity index is 376. The highest BCUT2D eigenvalue weighted by atomic mass is 16.5. The van der Waals surface area contributed by atoms with Gasteiger partial charge < -0.3 is 9.64 Å². The van der Waals surface area contributed by atoms with Crippen LogP contribution in [0.2, 0.25) is 0 Å². The van der Waals surface area contributed by atoms with Gasteiger partial charge in [-0.05, 0) is 38.3 Å². The highest BCUT2D eigenvalue weighted by Gasteiger charge is 2.27. The lowest BCUT2D eigenvalue weighted by atomic mass is 9.93. The predicted molar refractivity (Wildman–Crippen MR) is 62.9 cm³/mol. The number of Topliss-reactive ketones (excluding diaryl/α,β-unsaturated/α-hetero) is 1. The quantitative estimate of drug-likeness (QED) is 0.731. The summed E-state index contributed by atoms with van der Waals surface area (Å²) >= 11 is 0. The molecule has 0 bridgehead atoms. The third-order valence-corrected chi connectivity index (χ3v) is 3.30. The first-order valence-corrected chi connectivity index (χ1v) is 6.00. The maximum atomic E-state index is 12.0. The van der Waals surface area contributed by atoms with E-state index in [9.17, 15) is 9.59 Å². The van der Waals surface area contributed by atoms with Crippen LogP contribution in [0.5, 0.6) is 0 Å². The van der Waals surface area contributed by atoms with Gasteiger partial charge in [0.15, 0.2) is 5.76 Å². The number of piperidine rings is 1. The number of carbonyl (C=O) groups excluding carboxylic acids is 2. The Labute approximate surface area is 101 Å². The van der Waals surface area contributed by atoms with Gasteiger partial charge in [-0.1, -0.05) is 0 Å². The second-order valence-electron chi connectivity index (χ2n) is 4.47. The van der Waals surface area contributed by atoms with Gasteiger partial charge in [0.2, 0.25) is 0 Å². The molecule has 0 spiro atoms. The molecule has 0 atom stereocenters. The Balaban J connectivity index is 1.90. The molecule has 0 saturated carbocycles. The third kappa shape index (κ3) is 2.75. The lowest BCUT2D eigenvalue weighted by Gasteiger charge is -2.31. The minimum absolute atomic E-state index is 0.0589. The van der Waals surface area contributed by atoms with Crippen LogP contribution < -0.4 is 0 Å². The molecule has 0 radical (unpaired) electrons. The van der Waals surface area contributed by atoms with Crippen molar-refractivity contribution in [3.63, 3.8) is 0 Å². The topological polar surface area (TPSA) is 46.6 Å². The van der Waals surface area contributed by atoms with Crippen LogP contribution in [0.4, 0.5) is 0 Å². The van der Waals surface area contributed by atoms with E-state index in [1.165, 1.54) is 0 Å². The minimum Gasteiger partial charge on any atom is -0.460 e.